The minimum absolute atomic E-state index is 0.795. The lowest BCUT2D eigenvalue weighted by molar-refractivity contribution is 0.122. The van der Waals surface area contributed by atoms with Crippen molar-refractivity contribution in [3.8, 4) is 0 Å². The van der Waals surface area contributed by atoms with Gasteiger partial charge in [0.1, 0.15) is 0 Å². The van der Waals surface area contributed by atoms with Gasteiger partial charge in [-0.25, -0.2) is 0 Å². The third kappa shape index (κ3) is 3.34. The molecule has 2 saturated heterocycles. The number of hydrogen-bond acceptors (Lipinski definition) is 3. The number of ether oxygens (including phenoxy) is 1. The Labute approximate surface area is 121 Å². The summed E-state index contributed by atoms with van der Waals surface area (Å²) in [5, 5.41) is 0.861. The van der Waals surface area contributed by atoms with Crippen LogP contribution in [0.2, 0.25) is 5.02 Å². The molecule has 2 aliphatic heterocycles. The van der Waals surface area contributed by atoms with E-state index in [2.05, 4.69) is 28.9 Å². The van der Waals surface area contributed by atoms with Gasteiger partial charge in [-0.3, -0.25) is 0 Å². The van der Waals surface area contributed by atoms with Gasteiger partial charge in [-0.05, 0) is 24.6 Å². The molecule has 0 N–H and O–H groups in total. The Morgan fingerprint density at radius 1 is 0.947 bits per heavy atom. The molecular weight excluding hydrogens is 260 g/mol. The molecule has 0 bridgehead atoms. The molecule has 0 aliphatic carbocycles. The van der Waals surface area contributed by atoms with Gasteiger partial charge in [0.15, 0.2) is 0 Å². The molecule has 0 amide bonds. The summed E-state index contributed by atoms with van der Waals surface area (Å²) < 4.78 is 5.37. The molecule has 3 nitrogen and oxygen atoms in total. The van der Waals surface area contributed by atoms with E-state index in [4.69, 9.17) is 16.3 Å². The van der Waals surface area contributed by atoms with Gasteiger partial charge < -0.3 is 14.5 Å². The highest BCUT2D eigenvalue weighted by Gasteiger charge is 2.22. The maximum atomic E-state index is 6.40. The predicted octanol–water partition coefficient (Wildman–Crippen LogP) is 3.33. The van der Waals surface area contributed by atoms with E-state index in [1.807, 2.05) is 13.8 Å². The van der Waals surface area contributed by atoms with Crippen LogP contribution in [-0.4, -0.2) is 39.4 Å². The van der Waals surface area contributed by atoms with E-state index in [0.29, 0.717) is 0 Å². The van der Waals surface area contributed by atoms with Crippen LogP contribution >= 0.6 is 11.6 Å². The van der Waals surface area contributed by atoms with Crippen LogP contribution in [0.3, 0.4) is 0 Å². The molecule has 3 rings (SSSR count). The van der Waals surface area contributed by atoms with Gasteiger partial charge in [0.2, 0.25) is 0 Å². The second-order valence-electron chi connectivity index (χ2n) is 4.68. The van der Waals surface area contributed by atoms with Crippen molar-refractivity contribution in [3.63, 3.8) is 0 Å². The largest absolute Gasteiger partial charge is 0.378 e. The van der Waals surface area contributed by atoms with Crippen LogP contribution in [0.15, 0.2) is 12.1 Å². The van der Waals surface area contributed by atoms with E-state index in [9.17, 15) is 0 Å². The van der Waals surface area contributed by atoms with Gasteiger partial charge in [-0.1, -0.05) is 25.4 Å². The number of hydrogen-bond donors (Lipinski definition) is 0. The molecular formula is C15H23ClN2O. The van der Waals surface area contributed by atoms with E-state index in [1.54, 1.807) is 0 Å². The van der Waals surface area contributed by atoms with E-state index in [-0.39, 0.29) is 0 Å². The number of morpholine rings is 1. The lowest BCUT2D eigenvalue weighted by Crippen LogP contribution is -2.36. The Bertz CT molecular complexity index is 426. The molecule has 0 radical (unpaired) electrons. The lowest BCUT2D eigenvalue weighted by atomic mass is 10.1. The number of nitrogens with zero attached hydrogens (tertiary/aromatic N) is 2. The predicted molar refractivity (Wildman–Crippen MR) is 82.8 cm³/mol. The number of rotatable bonds is 2. The van der Waals surface area contributed by atoms with Crippen LogP contribution in [0.25, 0.3) is 0 Å². The summed E-state index contributed by atoms with van der Waals surface area (Å²) in [6.45, 7) is 11.9. The summed E-state index contributed by atoms with van der Waals surface area (Å²) in [5.74, 6) is 0. The molecule has 19 heavy (non-hydrogen) atoms. The van der Waals surface area contributed by atoms with E-state index < -0.39 is 0 Å². The first kappa shape index (κ1) is 14.5. The summed E-state index contributed by atoms with van der Waals surface area (Å²) >= 11 is 6.40. The quantitative estimate of drug-likeness (QED) is 0.774. The molecule has 2 aliphatic rings. The zero-order chi connectivity index (χ0) is 13.8. The summed E-state index contributed by atoms with van der Waals surface area (Å²) in [6, 6.07) is 4.32. The Morgan fingerprint density at radius 2 is 1.53 bits per heavy atom. The van der Waals surface area contributed by atoms with Crippen molar-refractivity contribution in [2.75, 3.05) is 49.2 Å². The number of halogens is 1. The molecule has 106 valence electrons. The number of anilines is 2. The average molecular weight is 283 g/mol. The minimum atomic E-state index is 0.795. The third-order valence-corrected chi connectivity index (χ3v) is 3.71. The maximum Gasteiger partial charge on any atom is 0.0660 e. The molecule has 1 aromatic rings. The van der Waals surface area contributed by atoms with Gasteiger partial charge in [-0.2, -0.15) is 0 Å². The molecule has 0 aromatic heterocycles. The highest BCUT2D eigenvalue weighted by atomic mass is 35.5. The maximum absolute atomic E-state index is 6.40. The molecule has 0 saturated carbocycles. The van der Waals surface area contributed by atoms with Crippen molar-refractivity contribution in [3.05, 3.63) is 22.7 Å². The molecule has 0 atom stereocenters. The second kappa shape index (κ2) is 6.49. The molecule has 0 unspecified atom stereocenters. The SMILES string of the molecule is CC.Cc1cc(N2CCOCC2)c(Cl)cc1N1CC1. The zero-order valence-corrected chi connectivity index (χ0v) is 12.8. The van der Waals surface area contributed by atoms with Crippen LogP contribution in [0.5, 0.6) is 0 Å². The van der Waals surface area contributed by atoms with Crippen molar-refractivity contribution in [1.82, 2.24) is 0 Å². The van der Waals surface area contributed by atoms with Crippen molar-refractivity contribution in [2.45, 2.75) is 20.8 Å². The van der Waals surface area contributed by atoms with Gasteiger partial charge in [0.05, 0.1) is 23.9 Å². The van der Waals surface area contributed by atoms with E-state index >= 15 is 0 Å². The van der Waals surface area contributed by atoms with Gasteiger partial charge >= 0.3 is 0 Å². The molecule has 2 heterocycles. The van der Waals surface area contributed by atoms with Crippen LogP contribution in [-0.2, 0) is 4.74 Å². The molecule has 2 fully saturated rings. The van der Waals surface area contributed by atoms with Crippen LogP contribution in [0.4, 0.5) is 11.4 Å². The molecule has 4 heteroatoms. The zero-order valence-electron chi connectivity index (χ0n) is 12.1. The lowest BCUT2D eigenvalue weighted by Gasteiger charge is -2.30. The van der Waals surface area contributed by atoms with Crippen LogP contribution in [0.1, 0.15) is 19.4 Å². The van der Waals surface area contributed by atoms with Gasteiger partial charge in [0.25, 0.3) is 0 Å². The normalized spacial score (nSPS) is 17.9. The highest BCUT2D eigenvalue weighted by Crippen LogP contribution is 2.35. The molecule has 0 spiro atoms. The van der Waals surface area contributed by atoms with E-state index in [0.717, 1.165) is 50.1 Å². The van der Waals surface area contributed by atoms with Crippen molar-refractivity contribution in [1.29, 1.82) is 0 Å². The first-order chi connectivity index (χ1) is 9.25. The minimum Gasteiger partial charge on any atom is -0.378 e. The topological polar surface area (TPSA) is 15.5 Å². The van der Waals surface area contributed by atoms with Crippen LogP contribution < -0.4 is 9.80 Å². The van der Waals surface area contributed by atoms with Crippen LogP contribution in [0, 0.1) is 6.92 Å². The Morgan fingerprint density at radius 3 is 2.11 bits per heavy atom. The number of benzene rings is 1. The highest BCUT2D eigenvalue weighted by molar-refractivity contribution is 6.33. The Balaban J connectivity index is 0.000000637. The first-order valence-corrected chi connectivity index (χ1v) is 7.51. The first-order valence-electron chi connectivity index (χ1n) is 7.13. The fraction of sp³-hybridized carbons (Fsp3) is 0.600. The summed E-state index contributed by atoms with van der Waals surface area (Å²) in [5.41, 5.74) is 3.75. The van der Waals surface area contributed by atoms with E-state index in [1.165, 1.54) is 11.3 Å². The Kier molecular flexibility index (Phi) is 4.94. The Hall–Kier alpha value is -0.930. The fourth-order valence-corrected chi connectivity index (χ4v) is 2.61. The molecule has 1 aromatic carbocycles. The fourth-order valence-electron chi connectivity index (χ4n) is 2.33. The number of aryl methyl sites for hydroxylation is 1. The monoisotopic (exact) mass is 282 g/mol. The average Bonchev–Trinajstić information content (AvgIpc) is 3.29. The summed E-state index contributed by atoms with van der Waals surface area (Å²) in [4.78, 5) is 4.65. The van der Waals surface area contributed by atoms with Gasteiger partial charge in [0, 0.05) is 31.9 Å². The standard InChI is InChI=1S/C13H17ClN2O.C2H6/c1-10-8-13(16-4-6-17-7-5-16)11(14)9-12(10)15-2-3-15;1-2/h8-9H,2-7H2,1H3;1-2H3. The summed E-state index contributed by atoms with van der Waals surface area (Å²) in [7, 11) is 0. The van der Waals surface area contributed by atoms with Crippen molar-refractivity contribution >= 4 is 23.0 Å². The van der Waals surface area contributed by atoms with Gasteiger partial charge in [-0.15, -0.1) is 0 Å². The van der Waals surface area contributed by atoms with Crippen molar-refractivity contribution in [2.24, 2.45) is 0 Å². The smallest absolute Gasteiger partial charge is 0.0660 e. The third-order valence-electron chi connectivity index (χ3n) is 3.41. The second-order valence-corrected chi connectivity index (χ2v) is 5.08. The van der Waals surface area contributed by atoms with Crippen molar-refractivity contribution < 1.29 is 4.74 Å². The summed E-state index contributed by atoms with van der Waals surface area (Å²) in [6.07, 6.45) is 0.